The normalized spacial score (nSPS) is 24.7. The fraction of sp³-hybridized carbons (Fsp3) is 0.667. The molecule has 1 saturated carbocycles. The highest BCUT2D eigenvalue weighted by Gasteiger charge is 2.46. The standard InChI is InChI=1S/C27H42N2O4/c1-26(19-32-3,20-33-4)25(30)28-14-8-15-29(2)16-13-27(31)18-22-11-12-23(27)17-24(22)21-9-6-5-7-10-21/h5-7,9-10,17,22-23,31H,8,11-16,18-20H2,1-4H3,(H,28,30)/t22-,23-,27+/m1/s1. The van der Waals surface area contributed by atoms with Crippen LogP contribution in [-0.2, 0) is 14.3 Å². The summed E-state index contributed by atoms with van der Waals surface area (Å²) in [5, 5.41) is 14.5. The molecule has 6 nitrogen and oxygen atoms in total. The lowest BCUT2D eigenvalue weighted by Gasteiger charge is -2.48. The number of fused-ring (bicyclic) bond motifs is 2. The summed E-state index contributed by atoms with van der Waals surface area (Å²) in [7, 11) is 5.29. The van der Waals surface area contributed by atoms with Crippen LogP contribution in [0.15, 0.2) is 36.4 Å². The fourth-order valence-electron chi connectivity index (χ4n) is 5.51. The van der Waals surface area contributed by atoms with Gasteiger partial charge in [-0.2, -0.15) is 0 Å². The van der Waals surface area contributed by atoms with Crippen LogP contribution < -0.4 is 5.32 Å². The molecule has 0 unspecified atom stereocenters. The molecule has 0 spiro atoms. The summed E-state index contributed by atoms with van der Waals surface area (Å²) in [6.07, 6.45) is 7.11. The molecule has 0 radical (unpaired) electrons. The van der Waals surface area contributed by atoms with Gasteiger partial charge in [-0.25, -0.2) is 0 Å². The van der Waals surface area contributed by atoms with Crippen molar-refractivity contribution in [3.05, 3.63) is 42.0 Å². The number of hydrogen-bond donors (Lipinski definition) is 2. The summed E-state index contributed by atoms with van der Waals surface area (Å²) in [6.45, 7) is 4.86. The van der Waals surface area contributed by atoms with Gasteiger partial charge in [0.1, 0.15) is 0 Å². The Balaban J connectivity index is 1.43. The van der Waals surface area contributed by atoms with Crippen molar-refractivity contribution in [2.75, 3.05) is 54.1 Å². The third kappa shape index (κ3) is 6.44. The minimum absolute atomic E-state index is 0.0394. The highest BCUT2D eigenvalue weighted by molar-refractivity contribution is 5.82. The lowest BCUT2D eigenvalue weighted by molar-refractivity contribution is -0.136. The highest BCUT2D eigenvalue weighted by atomic mass is 16.5. The van der Waals surface area contributed by atoms with E-state index in [1.807, 2.05) is 6.92 Å². The predicted molar refractivity (Wildman–Crippen MR) is 132 cm³/mol. The molecule has 1 aromatic rings. The Labute approximate surface area is 199 Å². The Morgan fingerprint density at radius 1 is 1.18 bits per heavy atom. The summed E-state index contributed by atoms with van der Waals surface area (Å²) in [5.41, 5.74) is 1.45. The molecule has 3 aliphatic rings. The van der Waals surface area contributed by atoms with Crippen molar-refractivity contribution in [1.29, 1.82) is 0 Å². The molecule has 0 heterocycles. The van der Waals surface area contributed by atoms with Crippen molar-refractivity contribution in [3.8, 4) is 0 Å². The molecule has 0 aliphatic heterocycles. The van der Waals surface area contributed by atoms with Gasteiger partial charge >= 0.3 is 0 Å². The van der Waals surface area contributed by atoms with Crippen LogP contribution in [0.25, 0.3) is 5.57 Å². The van der Waals surface area contributed by atoms with Gasteiger partial charge in [0.05, 0.1) is 24.2 Å². The van der Waals surface area contributed by atoms with E-state index >= 15 is 0 Å². The average molecular weight is 459 g/mol. The molecule has 4 rings (SSSR count). The molecule has 3 atom stereocenters. The van der Waals surface area contributed by atoms with Crippen molar-refractivity contribution in [3.63, 3.8) is 0 Å². The van der Waals surface area contributed by atoms with Crippen LogP contribution in [0.4, 0.5) is 0 Å². The van der Waals surface area contributed by atoms with Crippen LogP contribution in [-0.4, -0.2) is 75.6 Å². The number of allylic oxidation sites excluding steroid dienone is 1. The first-order valence-electron chi connectivity index (χ1n) is 12.3. The molecule has 3 aliphatic carbocycles. The molecule has 1 aromatic carbocycles. The molecule has 0 saturated heterocycles. The summed E-state index contributed by atoms with van der Waals surface area (Å²) in [4.78, 5) is 14.8. The van der Waals surface area contributed by atoms with Gasteiger partial charge < -0.3 is 24.8 Å². The monoisotopic (exact) mass is 458 g/mol. The molecule has 1 fully saturated rings. The molecule has 6 heteroatoms. The van der Waals surface area contributed by atoms with Gasteiger partial charge in [0.2, 0.25) is 5.91 Å². The fourth-order valence-corrected chi connectivity index (χ4v) is 5.51. The average Bonchev–Trinajstić information content (AvgIpc) is 2.81. The third-order valence-electron chi connectivity index (χ3n) is 7.45. The van der Waals surface area contributed by atoms with Crippen molar-refractivity contribution in [2.45, 2.75) is 44.6 Å². The summed E-state index contributed by atoms with van der Waals surface area (Å²) < 4.78 is 10.4. The maximum Gasteiger partial charge on any atom is 0.230 e. The molecule has 0 aromatic heterocycles. The second kappa shape index (κ2) is 11.6. The zero-order chi connectivity index (χ0) is 23.9. The van der Waals surface area contributed by atoms with E-state index in [9.17, 15) is 9.90 Å². The Morgan fingerprint density at radius 2 is 1.88 bits per heavy atom. The first-order chi connectivity index (χ1) is 15.8. The predicted octanol–water partition coefficient (Wildman–Crippen LogP) is 3.36. The van der Waals surface area contributed by atoms with Gasteiger partial charge in [-0.05, 0) is 69.7 Å². The number of methoxy groups -OCH3 is 2. The minimum Gasteiger partial charge on any atom is -0.389 e. The number of carbonyl (C=O) groups excluding carboxylic acids is 1. The molecular weight excluding hydrogens is 416 g/mol. The van der Waals surface area contributed by atoms with Gasteiger partial charge in [0.25, 0.3) is 0 Å². The van der Waals surface area contributed by atoms with Crippen molar-refractivity contribution in [1.82, 2.24) is 10.2 Å². The smallest absolute Gasteiger partial charge is 0.230 e. The number of benzene rings is 1. The van der Waals surface area contributed by atoms with Gasteiger partial charge in [-0.1, -0.05) is 36.4 Å². The molecule has 2 bridgehead atoms. The first-order valence-corrected chi connectivity index (χ1v) is 12.3. The second-order valence-corrected chi connectivity index (χ2v) is 10.3. The quantitative estimate of drug-likeness (QED) is 0.444. The van der Waals surface area contributed by atoms with Crippen molar-refractivity contribution < 1.29 is 19.4 Å². The zero-order valence-corrected chi connectivity index (χ0v) is 20.8. The van der Waals surface area contributed by atoms with Gasteiger partial charge in [-0.15, -0.1) is 0 Å². The Hall–Kier alpha value is -1.73. The third-order valence-corrected chi connectivity index (χ3v) is 7.45. The van der Waals surface area contributed by atoms with E-state index in [1.54, 1.807) is 14.2 Å². The number of nitrogens with one attached hydrogen (secondary N) is 1. The number of ether oxygens (including phenoxy) is 2. The Bertz CT molecular complexity index is 791. The van der Waals surface area contributed by atoms with E-state index in [4.69, 9.17) is 9.47 Å². The van der Waals surface area contributed by atoms with E-state index in [-0.39, 0.29) is 11.8 Å². The van der Waals surface area contributed by atoms with Crippen LogP contribution in [0.2, 0.25) is 0 Å². The van der Waals surface area contributed by atoms with Crippen LogP contribution in [0.3, 0.4) is 0 Å². The lowest BCUT2D eigenvalue weighted by atomic mass is 9.61. The molecule has 1 amide bonds. The summed E-state index contributed by atoms with van der Waals surface area (Å²) in [6, 6.07) is 10.6. The van der Waals surface area contributed by atoms with E-state index in [2.05, 4.69) is 53.7 Å². The zero-order valence-electron chi connectivity index (χ0n) is 20.8. The number of carbonyl (C=O) groups is 1. The van der Waals surface area contributed by atoms with Crippen LogP contribution in [0.1, 0.15) is 44.6 Å². The number of hydrogen-bond acceptors (Lipinski definition) is 5. The van der Waals surface area contributed by atoms with Crippen LogP contribution in [0, 0.1) is 17.3 Å². The lowest BCUT2D eigenvalue weighted by Crippen LogP contribution is -2.48. The second-order valence-electron chi connectivity index (χ2n) is 10.3. The number of nitrogens with zero attached hydrogens (tertiary/aromatic N) is 1. The number of rotatable bonds is 13. The SMILES string of the molecule is COCC(C)(COC)C(=O)NCCCN(C)CC[C@]1(O)C[C@H]2CC[C@@H]1C=C2c1ccccc1. The molecule has 33 heavy (non-hydrogen) atoms. The topological polar surface area (TPSA) is 71.0 Å². The van der Waals surface area contributed by atoms with E-state index in [1.165, 1.54) is 17.6 Å². The molecule has 184 valence electrons. The van der Waals surface area contributed by atoms with Crippen LogP contribution in [0.5, 0.6) is 0 Å². The molecular formula is C27H42N2O4. The van der Waals surface area contributed by atoms with Gasteiger partial charge in [0, 0.05) is 33.2 Å². The van der Waals surface area contributed by atoms with Gasteiger partial charge in [-0.3, -0.25) is 4.79 Å². The van der Waals surface area contributed by atoms with Gasteiger partial charge in [0.15, 0.2) is 0 Å². The Kier molecular flexibility index (Phi) is 9.10. The minimum atomic E-state index is -0.676. The molecule has 2 N–H and O–H groups in total. The summed E-state index contributed by atoms with van der Waals surface area (Å²) >= 11 is 0. The number of aliphatic hydroxyl groups is 1. The van der Waals surface area contributed by atoms with E-state index in [0.29, 0.717) is 25.7 Å². The van der Waals surface area contributed by atoms with E-state index < -0.39 is 11.0 Å². The largest absolute Gasteiger partial charge is 0.389 e. The first kappa shape index (κ1) is 25.9. The maximum absolute atomic E-state index is 12.5. The summed E-state index contributed by atoms with van der Waals surface area (Å²) in [5.74, 6) is 0.656. The van der Waals surface area contributed by atoms with Crippen LogP contribution >= 0.6 is 0 Å². The van der Waals surface area contributed by atoms with E-state index in [0.717, 1.165) is 38.8 Å². The maximum atomic E-state index is 12.5. The van der Waals surface area contributed by atoms with Crippen molar-refractivity contribution in [2.24, 2.45) is 17.3 Å². The Morgan fingerprint density at radius 3 is 2.48 bits per heavy atom. The van der Waals surface area contributed by atoms with Crippen molar-refractivity contribution >= 4 is 11.5 Å². The number of amides is 1. The highest BCUT2D eigenvalue weighted by Crippen LogP contribution is 2.51.